The highest BCUT2D eigenvalue weighted by molar-refractivity contribution is 6.33. The number of hydrogen-bond donors (Lipinski definition) is 1. The maximum absolute atomic E-state index is 12.8. The first-order valence-electron chi connectivity index (χ1n) is 3.46. The van der Waals surface area contributed by atoms with Crippen LogP contribution in [0.4, 0.5) is 10.1 Å². The molecule has 0 saturated carbocycles. The van der Waals surface area contributed by atoms with E-state index in [0.717, 1.165) is 6.07 Å². The summed E-state index contributed by atoms with van der Waals surface area (Å²) in [7, 11) is 0. The number of benzene rings is 1. The minimum Gasteiger partial charge on any atom is -0.397 e. The summed E-state index contributed by atoms with van der Waals surface area (Å²) in [6, 6.07) is 4.12. The first-order valence-corrected chi connectivity index (χ1v) is 3.83. The van der Waals surface area contributed by atoms with Gasteiger partial charge in [0.25, 0.3) is 0 Å². The molecule has 0 heterocycles. The van der Waals surface area contributed by atoms with E-state index in [2.05, 4.69) is 0 Å². The van der Waals surface area contributed by atoms with Crippen LogP contribution in [-0.2, 0) is 0 Å². The number of halogens is 2. The maximum Gasteiger partial charge on any atom is 0.125 e. The Balaban J connectivity index is 3.22. The molecule has 4 heteroatoms. The number of nitriles is 1. The van der Waals surface area contributed by atoms with E-state index in [1.807, 2.05) is 0 Å². The summed E-state index contributed by atoms with van der Waals surface area (Å²) in [5.41, 5.74) is 6.21. The van der Waals surface area contributed by atoms with Crippen molar-refractivity contribution in [1.29, 1.82) is 5.26 Å². The Bertz CT molecular complexity index is 393. The van der Waals surface area contributed by atoms with Gasteiger partial charge in [0.15, 0.2) is 0 Å². The smallest absolute Gasteiger partial charge is 0.125 e. The molecule has 0 radical (unpaired) electrons. The average molecular weight is 197 g/mol. The van der Waals surface area contributed by atoms with E-state index < -0.39 is 5.82 Å². The average Bonchev–Trinajstić information content (AvgIpc) is 2.09. The molecular weight excluding hydrogens is 191 g/mol. The second kappa shape index (κ2) is 3.92. The number of hydrogen-bond acceptors (Lipinski definition) is 2. The molecule has 1 rings (SSSR count). The molecule has 0 aliphatic rings. The van der Waals surface area contributed by atoms with Crippen molar-refractivity contribution in [3.63, 3.8) is 0 Å². The minimum atomic E-state index is -0.475. The van der Waals surface area contributed by atoms with Gasteiger partial charge < -0.3 is 5.73 Å². The quantitative estimate of drug-likeness (QED) is 0.555. The lowest BCUT2D eigenvalue weighted by Gasteiger charge is -2.02. The lowest BCUT2D eigenvalue weighted by Crippen LogP contribution is -1.91. The monoisotopic (exact) mass is 196 g/mol. The fourth-order valence-corrected chi connectivity index (χ4v) is 1.08. The number of nitrogens with two attached hydrogens (primary N) is 1. The normalized spacial score (nSPS) is 10.2. The Kier molecular flexibility index (Phi) is 2.88. The van der Waals surface area contributed by atoms with Gasteiger partial charge in [-0.2, -0.15) is 5.26 Å². The van der Waals surface area contributed by atoms with Crippen LogP contribution in [0.1, 0.15) is 5.56 Å². The molecule has 0 bridgehead atoms. The van der Waals surface area contributed by atoms with Gasteiger partial charge in [0.1, 0.15) is 5.82 Å². The highest BCUT2D eigenvalue weighted by Gasteiger charge is 2.03. The Morgan fingerprint density at radius 1 is 1.54 bits per heavy atom. The van der Waals surface area contributed by atoms with E-state index in [4.69, 9.17) is 22.6 Å². The van der Waals surface area contributed by atoms with Gasteiger partial charge in [0.05, 0.1) is 16.8 Å². The topological polar surface area (TPSA) is 49.8 Å². The van der Waals surface area contributed by atoms with Crippen molar-refractivity contribution in [1.82, 2.24) is 0 Å². The molecule has 1 aromatic carbocycles. The molecule has 0 saturated heterocycles. The number of rotatable bonds is 1. The molecule has 0 amide bonds. The summed E-state index contributed by atoms with van der Waals surface area (Å²) in [6.07, 6.45) is 2.62. The lowest BCUT2D eigenvalue weighted by molar-refractivity contribution is 0.628. The maximum atomic E-state index is 12.8. The minimum absolute atomic E-state index is 0.151. The molecule has 0 aliphatic carbocycles. The number of allylic oxidation sites excluding steroid dienone is 1. The fourth-order valence-electron chi connectivity index (χ4n) is 0.870. The van der Waals surface area contributed by atoms with Gasteiger partial charge in [-0.3, -0.25) is 0 Å². The van der Waals surface area contributed by atoms with Crippen LogP contribution in [-0.4, -0.2) is 0 Å². The van der Waals surface area contributed by atoms with Crippen LogP contribution < -0.4 is 5.73 Å². The molecule has 0 fully saturated rings. The van der Waals surface area contributed by atoms with Crippen molar-refractivity contribution in [2.24, 2.45) is 0 Å². The van der Waals surface area contributed by atoms with E-state index in [9.17, 15) is 4.39 Å². The third-order valence-electron chi connectivity index (χ3n) is 1.46. The first-order chi connectivity index (χ1) is 6.15. The lowest BCUT2D eigenvalue weighted by atomic mass is 10.1. The second-order valence-corrected chi connectivity index (χ2v) is 2.76. The van der Waals surface area contributed by atoms with Gasteiger partial charge in [-0.05, 0) is 18.2 Å². The molecule has 0 atom stereocenters. The van der Waals surface area contributed by atoms with E-state index >= 15 is 0 Å². The summed E-state index contributed by atoms with van der Waals surface area (Å²) < 4.78 is 12.8. The summed E-state index contributed by atoms with van der Waals surface area (Å²) in [5, 5.41) is 8.40. The second-order valence-electron chi connectivity index (χ2n) is 2.35. The number of nitrogen functional groups attached to an aromatic ring is 1. The summed E-state index contributed by atoms with van der Waals surface area (Å²) in [6.45, 7) is 0. The molecule has 0 aliphatic heterocycles. The highest BCUT2D eigenvalue weighted by atomic mass is 35.5. The van der Waals surface area contributed by atoms with Crippen molar-refractivity contribution in [3.05, 3.63) is 34.6 Å². The van der Waals surface area contributed by atoms with Crippen LogP contribution in [0.5, 0.6) is 0 Å². The van der Waals surface area contributed by atoms with Crippen LogP contribution in [0.2, 0.25) is 5.02 Å². The Morgan fingerprint density at radius 2 is 2.23 bits per heavy atom. The van der Waals surface area contributed by atoms with E-state index in [0.29, 0.717) is 5.56 Å². The fraction of sp³-hybridized carbons (Fsp3) is 0. The van der Waals surface area contributed by atoms with Crippen LogP contribution in [0, 0.1) is 17.1 Å². The molecule has 2 nitrogen and oxygen atoms in total. The van der Waals surface area contributed by atoms with Crippen LogP contribution in [0.25, 0.3) is 6.08 Å². The number of nitrogens with zero attached hydrogens (tertiary/aromatic N) is 1. The number of anilines is 1. The van der Waals surface area contributed by atoms with Crippen LogP contribution >= 0.6 is 11.6 Å². The van der Waals surface area contributed by atoms with Crippen molar-refractivity contribution in [3.8, 4) is 6.07 Å². The SMILES string of the molecule is N#CC=Cc1cc(F)cc(Cl)c1N. The Morgan fingerprint density at radius 3 is 2.85 bits per heavy atom. The third kappa shape index (κ3) is 2.20. The van der Waals surface area contributed by atoms with Crippen molar-refractivity contribution in [2.75, 3.05) is 5.73 Å². The zero-order chi connectivity index (χ0) is 9.84. The van der Waals surface area contributed by atoms with Gasteiger partial charge in [-0.25, -0.2) is 4.39 Å². The third-order valence-corrected chi connectivity index (χ3v) is 1.78. The zero-order valence-corrected chi connectivity index (χ0v) is 7.35. The van der Waals surface area contributed by atoms with E-state index in [1.54, 1.807) is 6.07 Å². The van der Waals surface area contributed by atoms with Crippen LogP contribution in [0.15, 0.2) is 18.2 Å². The molecule has 0 spiro atoms. The van der Waals surface area contributed by atoms with Crippen molar-refractivity contribution < 1.29 is 4.39 Å². The summed E-state index contributed by atoms with van der Waals surface area (Å²) in [5.74, 6) is -0.475. The molecule has 0 unspecified atom stereocenters. The van der Waals surface area contributed by atoms with Crippen molar-refractivity contribution >= 4 is 23.4 Å². The molecule has 13 heavy (non-hydrogen) atoms. The largest absolute Gasteiger partial charge is 0.397 e. The van der Waals surface area contributed by atoms with Crippen molar-refractivity contribution in [2.45, 2.75) is 0 Å². The predicted octanol–water partition coefficient (Wildman–Crippen LogP) is 2.60. The van der Waals surface area contributed by atoms with Crippen LogP contribution in [0.3, 0.4) is 0 Å². The molecular formula is C9H6ClFN2. The molecule has 2 N–H and O–H groups in total. The van der Waals surface area contributed by atoms with Gasteiger partial charge in [-0.15, -0.1) is 0 Å². The molecule has 0 aromatic heterocycles. The molecule has 66 valence electrons. The standard InChI is InChI=1S/C9H6ClFN2/c10-8-5-7(11)4-6(9(8)13)2-1-3-12/h1-2,4-5H,13H2. The highest BCUT2D eigenvalue weighted by Crippen LogP contribution is 2.25. The molecule has 1 aromatic rings. The predicted molar refractivity (Wildman–Crippen MR) is 50.5 cm³/mol. The zero-order valence-electron chi connectivity index (χ0n) is 6.59. The van der Waals surface area contributed by atoms with Gasteiger partial charge >= 0.3 is 0 Å². The van der Waals surface area contributed by atoms with Gasteiger partial charge in [-0.1, -0.05) is 11.6 Å². The summed E-state index contributed by atoms with van der Waals surface area (Å²) in [4.78, 5) is 0. The van der Waals surface area contributed by atoms with Gasteiger partial charge in [0, 0.05) is 11.6 Å². The Hall–Kier alpha value is -1.53. The first kappa shape index (κ1) is 9.56. The van der Waals surface area contributed by atoms with E-state index in [-0.39, 0.29) is 10.7 Å². The summed E-state index contributed by atoms with van der Waals surface area (Å²) >= 11 is 5.62. The van der Waals surface area contributed by atoms with Gasteiger partial charge in [0.2, 0.25) is 0 Å². The Labute approximate surface area is 80.0 Å². The van der Waals surface area contributed by atoms with E-state index in [1.165, 1.54) is 18.2 Å².